The van der Waals surface area contributed by atoms with Gasteiger partial charge in [0.25, 0.3) is 5.56 Å². The Morgan fingerprint density at radius 2 is 1.50 bits per heavy atom. The average Bonchev–Trinajstić information content (AvgIpc) is 3.80. The van der Waals surface area contributed by atoms with E-state index in [4.69, 9.17) is 23.7 Å². The van der Waals surface area contributed by atoms with Crippen molar-refractivity contribution in [3.05, 3.63) is 124 Å². The smallest absolute Gasteiger partial charge is 0.347 e. The largest absolute Gasteiger partial charge is 0.365 e. The fourth-order valence-electron chi connectivity index (χ4n) is 8.92. The highest BCUT2D eigenvalue weighted by molar-refractivity contribution is 7.63. The Morgan fingerprint density at radius 3 is 1.95 bits per heavy atom. The molecule has 342 valence electrons. The topological polar surface area (TPSA) is 177 Å². The predicted octanol–water partition coefficient (Wildman–Crippen LogP) is 8.16. The number of nitriles is 1. The van der Waals surface area contributed by atoms with Crippen LogP contribution in [0.3, 0.4) is 0 Å². The molecule has 0 radical (unpaired) electrons. The lowest BCUT2D eigenvalue weighted by Gasteiger charge is -2.42. The maximum absolute atomic E-state index is 13.7. The van der Waals surface area contributed by atoms with Crippen LogP contribution in [0.4, 0.5) is 5.95 Å². The molecule has 5 aromatic rings. The first-order valence-electron chi connectivity index (χ1n) is 22.2. The van der Waals surface area contributed by atoms with Crippen molar-refractivity contribution in [3.63, 3.8) is 0 Å². The summed E-state index contributed by atoms with van der Waals surface area (Å²) >= 11 is 0. The van der Waals surface area contributed by atoms with Crippen molar-refractivity contribution < 1.29 is 28.4 Å². The number of benzene rings is 3. The van der Waals surface area contributed by atoms with E-state index in [-0.39, 0.29) is 60.2 Å². The van der Waals surface area contributed by atoms with Crippen LogP contribution in [0.15, 0.2) is 102 Å². The van der Waals surface area contributed by atoms with Gasteiger partial charge in [0.1, 0.15) is 24.0 Å². The summed E-state index contributed by atoms with van der Waals surface area (Å²) in [6.45, 7) is 21.5. The number of nitrogens with zero attached hydrogens (tertiary/aromatic N) is 5. The molecule has 6 rings (SSSR count). The van der Waals surface area contributed by atoms with E-state index in [9.17, 15) is 19.7 Å². The number of rotatable bonds is 18. The molecule has 14 nitrogen and oxygen atoms in total. The molecule has 1 amide bonds. The lowest BCUT2D eigenvalue weighted by Crippen LogP contribution is -2.57. The molecular formula is C48H65N7O7PSi+. The van der Waals surface area contributed by atoms with E-state index in [0.717, 1.165) is 16.7 Å². The Morgan fingerprint density at radius 1 is 0.969 bits per heavy atom. The van der Waals surface area contributed by atoms with E-state index in [2.05, 4.69) is 34.4 Å². The van der Waals surface area contributed by atoms with Gasteiger partial charge in [0, 0.05) is 18.0 Å². The van der Waals surface area contributed by atoms with Crippen molar-refractivity contribution in [2.24, 2.45) is 5.92 Å². The minimum absolute atomic E-state index is 0.0304. The van der Waals surface area contributed by atoms with Crippen LogP contribution in [0.2, 0.25) is 13.1 Å². The Labute approximate surface area is 379 Å². The normalized spacial score (nSPS) is 20.4. The molecule has 0 spiro atoms. The second-order valence-corrected chi connectivity index (χ2v) is 24.2. The molecule has 0 bridgehead atoms. The molecule has 1 aliphatic rings. The zero-order valence-corrected chi connectivity index (χ0v) is 41.0. The van der Waals surface area contributed by atoms with Gasteiger partial charge in [0.05, 0.1) is 39.8 Å². The Bertz CT molecular complexity index is 2330. The lowest BCUT2D eigenvalue weighted by atomic mass is 9.80. The molecule has 0 saturated carbocycles. The Kier molecular flexibility index (Phi) is 15.1. The van der Waals surface area contributed by atoms with Gasteiger partial charge in [-0.05, 0) is 65.2 Å². The SMILES string of the molecule is CC(C)C(=O)Nc1nc2c(ncn2[C@]2([SiH](C)C)O[C@H](COC(c3ccccc3)(c3ccccc3)c3ccccc3)[C@@H](O[P+](O)(CCC#N)N(C(C)C)C(C)C)[C@H]2OC(C)(C)C)c(=O)[nH]1. The van der Waals surface area contributed by atoms with Crippen LogP contribution in [-0.4, -0.2) is 92.6 Å². The van der Waals surface area contributed by atoms with Gasteiger partial charge < -0.3 is 14.2 Å². The highest BCUT2D eigenvalue weighted by Gasteiger charge is 2.66. The molecule has 2 aromatic heterocycles. The number of hydrogen-bond donors (Lipinski definition) is 3. The predicted molar refractivity (Wildman–Crippen MR) is 254 cm³/mol. The maximum atomic E-state index is 13.7. The minimum Gasteiger partial charge on any atom is -0.365 e. The average molecular weight is 911 g/mol. The quantitative estimate of drug-likeness (QED) is 0.0439. The summed E-state index contributed by atoms with van der Waals surface area (Å²) in [4.78, 5) is 51.8. The van der Waals surface area contributed by atoms with Gasteiger partial charge in [-0.2, -0.15) is 14.8 Å². The zero-order chi connectivity index (χ0) is 46.6. The standard InChI is InChI=1S/C48H64N7O7PSi/c1-32(2)43(56)52-45-51-42-39(44(57)53-45)50-31-54(42)48(64(10)11)41(61-46(7,8)9)40(62-63(58,29-21-28-49)55(33(3)4)34(5)6)38(60-48)30-59-47(35-22-15-12-16-23-35,36-24-17-13-18-25-36)37-26-19-14-20-27-37/h12-20,22-27,31-34,38,40-41,58,64H,21,29-30H2,1-11H3,(H-,51,52,53,56,57)/p+1/t38-,40-,41-,48+,63?/m1/s1. The van der Waals surface area contributed by atoms with Gasteiger partial charge >= 0.3 is 7.87 Å². The second kappa shape index (κ2) is 19.9. The van der Waals surface area contributed by atoms with Crippen molar-refractivity contribution in [1.82, 2.24) is 24.2 Å². The number of aromatic nitrogens is 4. The highest BCUT2D eigenvalue weighted by Crippen LogP contribution is 2.64. The third-order valence-corrected chi connectivity index (χ3v) is 16.9. The van der Waals surface area contributed by atoms with Gasteiger partial charge in [-0.25, -0.2) is 9.88 Å². The molecule has 5 atom stereocenters. The van der Waals surface area contributed by atoms with Gasteiger partial charge in [-0.3, -0.25) is 24.5 Å². The summed E-state index contributed by atoms with van der Waals surface area (Å²) in [5, 5.41) is 11.3. The molecule has 1 unspecified atom stereocenters. The number of hydrogen-bond acceptors (Lipinski definition) is 11. The number of ether oxygens (including phenoxy) is 3. The number of carbonyl (C=O) groups excluding carboxylic acids is 1. The van der Waals surface area contributed by atoms with E-state index in [1.54, 1.807) is 24.7 Å². The van der Waals surface area contributed by atoms with Gasteiger partial charge in [0.15, 0.2) is 22.6 Å². The number of carbonyl (C=O) groups is 1. The third-order valence-electron chi connectivity index (χ3n) is 11.5. The second-order valence-electron chi connectivity index (χ2n) is 18.6. The van der Waals surface area contributed by atoms with E-state index in [0.29, 0.717) is 0 Å². The molecule has 3 aromatic carbocycles. The van der Waals surface area contributed by atoms with Crippen LogP contribution in [0.25, 0.3) is 11.2 Å². The van der Waals surface area contributed by atoms with Crippen LogP contribution in [0.1, 0.15) is 85.4 Å². The molecule has 3 N–H and O–H groups in total. The summed E-state index contributed by atoms with van der Waals surface area (Å²) in [7, 11) is -5.92. The fraction of sp³-hybridized carbons (Fsp3) is 0.479. The van der Waals surface area contributed by atoms with E-state index < -0.39 is 57.1 Å². The number of nitrogens with one attached hydrogen (secondary N) is 2. The number of anilines is 1. The Hall–Kier alpha value is -4.62. The number of aromatic amines is 1. The Balaban J connectivity index is 1.63. The summed E-state index contributed by atoms with van der Waals surface area (Å²) < 4.78 is 33.4. The third kappa shape index (κ3) is 9.81. The maximum Gasteiger partial charge on any atom is 0.347 e. The zero-order valence-electron chi connectivity index (χ0n) is 39.0. The first kappa shape index (κ1) is 48.8. The van der Waals surface area contributed by atoms with Crippen molar-refractivity contribution in [2.75, 3.05) is 18.1 Å². The van der Waals surface area contributed by atoms with E-state index in [1.807, 2.05) is 144 Å². The summed E-state index contributed by atoms with van der Waals surface area (Å²) in [5.41, 5.74) is 0.412. The first-order valence-corrected chi connectivity index (χ1v) is 26.9. The summed E-state index contributed by atoms with van der Waals surface area (Å²) in [6, 6.07) is 32.1. The van der Waals surface area contributed by atoms with Crippen molar-refractivity contribution in [3.8, 4) is 6.07 Å². The summed E-state index contributed by atoms with van der Waals surface area (Å²) in [5.74, 6) is -0.731. The van der Waals surface area contributed by atoms with Crippen molar-refractivity contribution in [2.45, 2.75) is 129 Å². The van der Waals surface area contributed by atoms with Gasteiger partial charge in [-0.1, -0.05) is 118 Å². The molecule has 0 aliphatic carbocycles. The molecular weight excluding hydrogens is 846 g/mol. The van der Waals surface area contributed by atoms with Crippen molar-refractivity contribution in [1.29, 1.82) is 5.26 Å². The number of fused-ring (bicyclic) bond motifs is 1. The van der Waals surface area contributed by atoms with Gasteiger partial charge in [0.2, 0.25) is 11.9 Å². The molecule has 3 heterocycles. The first-order chi connectivity index (χ1) is 30.3. The monoisotopic (exact) mass is 910 g/mol. The number of imidazole rings is 1. The highest BCUT2D eigenvalue weighted by atomic mass is 31.2. The minimum atomic E-state index is -3.62. The molecule has 64 heavy (non-hydrogen) atoms. The van der Waals surface area contributed by atoms with Crippen molar-refractivity contribution >= 4 is 39.7 Å². The lowest BCUT2D eigenvalue weighted by molar-refractivity contribution is -0.153. The molecule has 1 saturated heterocycles. The van der Waals surface area contributed by atoms with Crippen LogP contribution in [0, 0.1) is 17.2 Å². The van der Waals surface area contributed by atoms with E-state index >= 15 is 0 Å². The van der Waals surface area contributed by atoms with Crippen LogP contribution >= 0.6 is 7.87 Å². The van der Waals surface area contributed by atoms with Crippen LogP contribution in [0.5, 0.6) is 0 Å². The molecule has 1 fully saturated rings. The van der Waals surface area contributed by atoms with E-state index in [1.165, 1.54) is 0 Å². The molecule has 16 heteroatoms. The van der Waals surface area contributed by atoms with Gasteiger partial charge in [-0.15, -0.1) is 4.67 Å². The fourth-order valence-corrected chi connectivity index (χ4v) is 13.9. The number of amides is 1. The van der Waals surface area contributed by atoms with Crippen LogP contribution < -0.4 is 10.9 Å². The summed E-state index contributed by atoms with van der Waals surface area (Å²) in [6.07, 6.45) is -1.22. The molecule has 1 aliphatic heterocycles. The van der Waals surface area contributed by atoms with Crippen LogP contribution in [-0.2, 0) is 34.5 Å². The number of H-pyrrole nitrogens is 1.